The van der Waals surface area contributed by atoms with Gasteiger partial charge in [0.05, 0.1) is 13.0 Å². The number of amides is 1. The SMILES string of the molecule is CC(C)c1ccccc1-c1ncc2c(n1)N(Cc1ccc(-c3nc(C(F)(F)F)cn3C3CCC3)cc1)C(=O)C2. The van der Waals surface area contributed by atoms with Crippen LogP contribution >= 0.6 is 0 Å². The molecule has 2 aliphatic rings. The summed E-state index contributed by atoms with van der Waals surface area (Å²) in [5.41, 5.74) is 3.45. The van der Waals surface area contributed by atoms with Crippen LogP contribution in [0, 0.1) is 0 Å². The van der Waals surface area contributed by atoms with E-state index < -0.39 is 11.9 Å². The van der Waals surface area contributed by atoms with Gasteiger partial charge in [0.1, 0.15) is 11.6 Å². The summed E-state index contributed by atoms with van der Waals surface area (Å²) in [6.45, 7) is 4.54. The fourth-order valence-corrected chi connectivity index (χ4v) is 5.26. The molecule has 0 unspecified atom stereocenters. The van der Waals surface area contributed by atoms with Gasteiger partial charge in [0.15, 0.2) is 11.5 Å². The minimum absolute atomic E-state index is 0.0386. The standard InChI is InChI=1S/C30H28F3N5O/c1-18(2)23-8-3-4-9-24(23)27-34-15-21-14-26(39)38(29(21)36-27)16-19-10-12-20(13-11-19)28-35-25(30(31,32)33)17-37(28)22-6-5-7-22/h3-4,8-13,15,17-18,22H,5-7,14,16H2,1-2H3. The number of nitrogens with zero attached hydrogens (tertiary/aromatic N) is 5. The number of hydrogen-bond donors (Lipinski definition) is 0. The van der Waals surface area contributed by atoms with Crippen molar-refractivity contribution in [1.82, 2.24) is 19.5 Å². The predicted molar refractivity (Wildman–Crippen MR) is 142 cm³/mol. The highest BCUT2D eigenvalue weighted by molar-refractivity contribution is 6.00. The predicted octanol–water partition coefficient (Wildman–Crippen LogP) is 6.96. The number of imidazole rings is 1. The number of rotatable bonds is 6. The topological polar surface area (TPSA) is 63.9 Å². The number of fused-ring (bicyclic) bond motifs is 1. The average Bonchev–Trinajstić information content (AvgIpc) is 3.45. The minimum Gasteiger partial charge on any atom is -0.327 e. The van der Waals surface area contributed by atoms with Crippen LogP contribution in [0.3, 0.4) is 0 Å². The van der Waals surface area contributed by atoms with Crippen molar-refractivity contribution in [3.05, 3.63) is 83.3 Å². The molecule has 0 spiro atoms. The molecule has 0 bridgehead atoms. The molecule has 2 aromatic carbocycles. The Kier molecular flexibility index (Phi) is 6.24. The molecule has 1 fully saturated rings. The van der Waals surface area contributed by atoms with Crippen molar-refractivity contribution in [3.8, 4) is 22.8 Å². The molecule has 1 aliphatic carbocycles. The monoisotopic (exact) mass is 531 g/mol. The van der Waals surface area contributed by atoms with Gasteiger partial charge in [-0.3, -0.25) is 9.69 Å². The van der Waals surface area contributed by atoms with E-state index in [1.54, 1.807) is 27.8 Å². The quantitative estimate of drug-likeness (QED) is 0.270. The van der Waals surface area contributed by atoms with Crippen LogP contribution in [0.2, 0.25) is 0 Å². The fraction of sp³-hybridized carbons (Fsp3) is 0.333. The van der Waals surface area contributed by atoms with Gasteiger partial charge in [0.25, 0.3) is 0 Å². The van der Waals surface area contributed by atoms with Gasteiger partial charge in [-0.25, -0.2) is 15.0 Å². The summed E-state index contributed by atoms with van der Waals surface area (Å²) in [6.07, 6.45) is 1.29. The summed E-state index contributed by atoms with van der Waals surface area (Å²) in [5, 5.41) is 0. The van der Waals surface area contributed by atoms with Crippen molar-refractivity contribution >= 4 is 11.7 Å². The van der Waals surface area contributed by atoms with Crippen LogP contribution in [-0.4, -0.2) is 25.4 Å². The third kappa shape index (κ3) is 4.70. The Balaban J connectivity index is 1.28. The number of anilines is 1. The highest BCUT2D eigenvalue weighted by Crippen LogP contribution is 2.39. The van der Waals surface area contributed by atoms with E-state index in [0.717, 1.165) is 47.7 Å². The lowest BCUT2D eigenvalue weighted by molar-refractivity contribution is -0.141. The molecular weight excluding hydrogens is 503 g/mol. The lowest BCUT2D eigenvalue weighted by atomic mass is 9.92. The van der Waals surface area contributed by atoms with Crippen molar-refractivity contribution in [2.75, 3.05) is 4.90 Å². The van der Waals surface area contributed by atoms with Gasteiger partial charge in [-0.15, -0.1) is 0 Å². The highest BCUT2D eigenvalue weighted by Gasteiger charge is 2.36. The zero-order chi connectivity index (χ0) is 27.3. The van der Waals surface area contributed by atoms with Crippen molar-refractivity contribution in [3.63, 3.8) is 0 Å². The number of carbonyl (C=O) groups is 1. The minimum atomic E-state index is -4.50. The third-order valence-electron chi connectivity index (χ3n) is 7.61. The molecule has 6 rings (SSSR count). The Bertz CT molecular complexity index is 1540. The second-order valence-electron chi connectivity index (χ2n) is 10.6. The lowest BCUT2D eigenvalue weighted by Crippen LogP contribution is -2.26. The zero-order valence-corrected chi connectivity index (χ0v) is 21.7. The van der Waals surface area contributed by atoms with Crippen LogP contribution in [0.4, 0.5) is 19.0 Å². The largest absolute Gasteiger partial charge is 0.434 e. The van der Waals surface area contributed by atoms with Crippen LogP contribution in [0.5, 0.6) is 0 Å². The van der Waals surface area contributed by atoms with Crippen molar-refractivity contribution in [2.45, 2.75) is 64.2 Å². The van der Waals surface area contributed by atoms with E-state index >= 15 is 0 Å². The molecule has 4 aromatic rings. The molecule has 200 valence electrons. The molecule has 0 saturated heterocycles. The van der Waals surface area contributed by atoms with E-state index in [1.807, 2.05) is 30.3 Å². The van der Waals surface area contributed by atoms with E-state index in [1.165, 1.54) is 0 Å². The molecule has 1 aliphatic heterocycles. The number of benzene rings is 2. The molecule has 6 nitrogen and oxygen atoms in total. The molecule has 3 heterocycles. The fourth-order valence-electron chi connectivity index (χ4n) is 5.26. The summed E-state index contributed by atoms with van der Waals surface area (Å²) in [5.74, 6) is 1.73. The van der Waals surface area contributed by atoms with Crippen molar-refractivity contribution in [1.29, 1.82) is 0 Å². The summed E-state index contributed by atoms with van der Waals surface area (Å²) < 4.78 is 41.9. The van der Waals surface area contributed by atoms with Crippen LogP contribution in [0.15, 0.2) is 60.9 Å². The summed E-state index contributed by atoms with van der Waals surface area (Å²) >= 11 is 0. The van der Waals surface area contributed by atoms with Crippen molar-refractivity contribution < 1.29 is 18.0 Å². The molecule has 39 heavy (non-hydrogen) atoms. The average molecular weight is 532 g/mol. The summed E-state index contributed by atoms with van der Waals surface area (Å²) in [7, 11) is 0. The normalized spacial score (nSPS) is 15.6. The summed E-state index contributed by atoms with van der Waals surface area (Å²) in [4.78, 5) is 27.9. The van der Waals surface area contributed by atoms with Crippen molar-refractivity contribution in [2.24, 2.45) is 0 Å². The maximum absolute atomic E-state index is 13.4. The van der Waals surface area contributed by atoms with Gasteiger partial charge in [-0.05, 0) is 36.3 Å². The maximum atomic E-state index is 13.4. The second-order valence-corrected chi connectivity index (χ2v) is 10.6. The Morgan fingerprint density at radius 3 is 2.44 bits per heavy atom. The molecule has 0 N–H and O–H groups in total. The molecular formula is C30H28F3N5O. The Morgan fingerprint density at radius 2 is 1.77 bits per heavy atom. The van der Waals surface area contributed by atoms with Gasteiger partial charge in [0, 0.05) is 35.1 Å². The van der Waals surface area contributed by atoms with Gasteiger partial charge in [0.2, 0.25) is 5.91 Å². The first-order valence-corrected chi connectivity index (χ1v) is 13.2. The number of alkyl halides is 3. The van der Waals surface area contributed by atoms with E-state index in [2.05, 4.69) is 29.9 Å². The van der Waals surface area contributed by atoms with E-state index in [4.69, 9.17) is 4.98 Å². The van der Waals surface area contributed by atoms with Gasteiger partial charge in [-0.1, -0.05) is 62.4 Å². The number of halogens is 3. The first kappa shape index (κ1) is 25.3. The molecule has 1 amide bonds. The van der Waals surface area contributed by atoms with E-state index in [-0.39, 0.29) is 18.4 Å². The molecule has 9 heteroatoms. The Labute approximate surface area is 224 Å². The first-order valence-electron chi connectivity index (χ1n) is 13.2. The Morgan fingerprint density at radius 1 is 1.03 bits per heavy atom. The van der Waals surface area contributed by atoms with Gasteiger partial charge in [-0.2, -0.15) is 13.2 Å². The smallest absolute Gasteiger partial charge is 0.327 e. The second kappa shape index (κ2) is 9.63. The molecule has 0 atom stereocenters. The molecule has 1 saturated carbocycles. The number of carbonyl (C=O) groups excluding carboxylic acids is 1. The third-order valence-corrected chi connectivity index (χ3v) is 7.61. The maximum Gasteiger partial charge on any atom is 0.434 e. The Hall–Kier alpha value is -4.01. The van der Waals surface area contributed by atoms with Gasteiger partial charge < -0.3 is 4.57 Å². The zero-order valence-electron chi connectivity index (χ0n) is 21.7. The lowest BCUT2D eigenvalue weighted by Gasteiger charge is -2.28. The summed E-state index contributed by atoms with van der Waals surface area (Å²) in [6, 6.07) is 15.3. The first-order chi connectivity index (χ1) is 18.7. The van der Waals surface area contributed by atoms with E-state index in [0.29, 0.717) is 35.5 Å². The molecule has 2 aromatic heterocycles. The van der Waals surface area contributed by atoms with Crippen LogP contribution in [-0.2, 0) is 23.9 Å². The molecule has 0 radical (unpaired) electrons. The van der Waals surface area contributed by atoms with Gasteiger partial charge >= 0.3 is 6.18 Å². The van der Waals surface area contributed by atoms with Crippen LogP contribution in [0.1, 0.15) is 67.5 Å². The van der Waals surface area contributed by atoms with Crippen LogP contribution < -0.4 is 4.90 Å². The number of hydrogen-bond acceptors (Lipinski definition) is 4. The van der Waals surface area contributed by atoms with Crippen LogP contribution in [0.25, 0.3) is 22.8 Å². The van der Waals surface area contributed by atoms with E-state index in [9.17, 15) is 18.0 Å². The number of aromatic nitrogens is 4. The highest BCUT2D eigenvalue weighted by atomic mass is 19.4.